The van der Waals surface area contributed by atoms with Crippen LogP contribution < -0.4 is 5.32 Å². The number of ether oxygens (including phenoxy) is 2. The number of halogens is 4. The number of rotatable bonds is 2. The van der Waals surface area contributed by atoms with Crippen LogP contribution >= 0.6 is 0 Å². The van der Waals surface area contributed by atoms with Crippen LogP contribution in [0.15, 0.2) is 0 Å². The predicted molar refractivity (Wildman–Crippen MR) is 44.6 cm³/mol. The first-order chi connectivity index (χ1) is 7.77. The van der Waals surface area contributed by atoms with E-state index in [0.717, 1.165) is 7.11 Å². The van der Waals surface area contributed by atoms with E-state index in [0.29, 0.717) is 0 Å². The lowest BCUT2D eigenvalue weighted by Crippen LogP contribution is -2.40. The summed E-state index contributed by atoms with van der Waals surface area (Å²) in [6.45, 7) is -0.386. The highest BCUT2D eigenvalue weighted by molar-refractivity contribution is 5.78. The predicted octanol–water partition coefficient (Wildman–Crippen LogP) is -0.0566. The maximum Gasteiger partial charge on any atom is 0.490 e. The lowest BCUT2D eigenvalue weighted by atomic mass is 10.1. The smallest absolute Gasteiger partial charge is 0.468 e. The molecule has 0 unspecified atom stereocenters. The quantitative estimate of drug-likeness (QED) is 0.556. The average molecular weight is 259 g/mol. The molecule has 1 heterocycles. The Hall–Kier alpha value is -1.38. The van der Waals surface area contributed by atoms with Crippen LogP contribution in [0, 0.1) is 0 Å². The molecular weight excluding hydrogens is 250 g/mol. The van der Waals surface area contributed by atoms with Crippen molar-refractivity contribution in [2.45, 2.75) is 24.5 Å². The highest BCUT2D eigenvalue weighted by Crippen LogP contribution is 2.22. The largest absolute Gasteiger partial charge is 0.490 e. The Bertz CT molecular complexity index is 319. The molecule has 1 aliphatic rings. The number of methoxy groups -OCH3 is 1. The van der Waals surface area contributed by atoms with E-state index in [9.17, 15) is 27.2 Å². The summed E-state index contributed by atoms with van der Waals surface area (Å²) in [4.78, 5) is 21.4. The summed E-state index contributed by atoms with van der Waals surface area (Å²) in [5, 5.41) is 2.27. The number of esters is 2. The summed E-state index contributed by atoms with van der Waals surface area (Å²) in [7, 11) is 1.01. The maximum atomic E-state index is 13.4. The molecule has 0 radical (unpaired) electrons. The third-order valence-corrected chi connectivity index (χ3v) is 2.16. The van der Waals surface area contributed by atoms with Crippen LogP contribution in [0.4, 0.5) is 17.6 Å². The zero-order valence-corrected chi connectivity index (χ0v) is 8.58. The first kappa shape index (κ1) is 13.7. The average Bonchev–Trinajstić information content (AvgIpc) is 2.58. The zero-order valence-electron chi connectivity index (χ0n) is 8.58. The van der Waals surface area contributed by atoms with Gasteiger partial charge >= 0.3 is 18.1 Å². The number of nitrogens with one attached hydrogen (secondary N) is 1. The molecular formula is C8H9F4NO4. The van der Waals surface area contributed by atoms with Gasteiger partial charge in [-0.1, -0.05) is 0 Å². The minimum absolute atomic E-state index is 0.386. The zero-order chi connectivity index (χ0) is 13.2. The standard InChI is InChI=1S/C8H9F4NO4/c1-16-6(14)5-4(9)3(2-13-5)17-7(15)8(10,11)12/h3-5,13H,2H2,1H3/t3-,4+,5-/m0/s1. The van der Waals surface area contributed by atoms with E-state index < -0.39 is 36.4 Å². The monoisotopic (exact) mass is 259 g/mol. The Morgan fingerprint density at radius 2 is 1.94 bits per heavy atom. The number of hydrogen-bond acceptors (Lipinski definition) is 5. The Labute approximate surface area is 93.1 Å². The molecule has 0 spiro atoms. The first-order valence-electron chi connectivity index (χ1n) is 4.50. The van der Waals surface area contributed by atoms with Gasteiger partial charge in [0, 0.05) is 6.54 Å². The molecule has 98 valence electrons. The molecule has 1 rings (SSSR count). The number of hydrogen-bond donors (Lipinski definition) is 1. The SMILES string of the molecule is COC(=O)[C@H]1NC[C@H](OC(=O)C(F)(F)F)[C@H]1F. The first-order valence-corrected chi connectivity index (χ1v) is 4.50. The summed E-state index contributed by atoms with van der Waals surface area (Å²) in [6, 6.07) is -1.42. The van der Waals surface area contributed by atoms with Gasteiger partial charge in [0.2, 0.25) is 0 Å². The highest BCUT2D eigenvalue weighted by Gasteiger charge is 2.48. The van der Waals surface area contributed by atoms with Gasteiger partial charge in [-0.2, -0.15) is 13.2 Å². The summed E-state index contributed by atoms with van der Waals surface area (Å²) in [6.07, 6.45) is -8.93. The fourth-order valence-corrected chi connectivity index (χ4v) is 1.33. The molecule has 0 aliphatic carbocycles. The van der Waals surface area contributed by atoms with Crippen LogP contribution in [-0.4, -0.2) is 50.1 Å². The molecule has 17 heavy (non-hydrogen) atoms. The van der Waals surface area contributed by atoms with Crippen LogP contribution in [0.2, 0.25) is 0 Å². The molecule has 0 aromatic heterocycles. The number of carbonyl (C=O) groups excluding carboxylic acids is 2. The van der Waals surface area contributed by atoms with E-state index in [1.165, 1.54) is 0 Å². The second kappa shape index (κ2) is 4.86. The molecule has 0 aromatic carbocycles. The van der Waals surface area contributed by atoms with Crippen molar-refractivity contribution in [3.8, 4) is 0 Å². The molecule has 0 amide bonds. The van der Waals surface area contributed by atoms with E-state index in [1.807, 2.05) is 0 Å². The van der Waals surface area contributed by atoms with Crippen molar-refractivity contribution in [3.63, 3.8) is 0 Å². The third-order valence-electron chi connectivity index (χ3n) is 2.16. The highest BCUT2D eigenvalue weighted by atomic mass is 19.4. The molecule has 0 bridgehead atoms. The molecule has 0 aromatic rings. The normalized spacial score (nSPS) is 28.9. The van der Waals surface area contributed by atoms with Gasteiger partial charge in [-0.25, -0.2) is 9.18 Å². The van der Waals surface area contributed by atoms with E-state index in [4.69, 9.17) is 0 Å². The van der Waals surface area contributed by atoms with Gasteiger partial charge in [0.05, 0.1) is 7.11 Å². The van der Waals surface area contributed by atoms with Crippen molar-refractivity contribution in [2.24, 2.45) is 0 Å². The number of carbonyl (C=O) groups is 2. The minimum Gasteiger partial charge on any atom is -0.468 e. The molecule has 0 saturated carbocycles. The van der Waals surface area contributed by atoms with Gasteiger partial charge in [-0.05, 0) is 0 Å². The van der Waals surface area contributed by atoms with Crippen molar-refractivity contribution >= 4 is 11.9 Å². The Kier molecular flexibility index (Phi) is 3.91. The third kappa shape index (κ3) is 3.05. The second-order valence-electron chi connectivity index (χ2n) is 3.30. The van der Waals surface area contributed by atoms with E-state index in [-0.39, 0.29) is 6.54 Å². The number of alkyl halides is 4. The van der Waals surface area contributed by atoms with Gasteiger partial charge in [-0.3, -0.25) is 10.1 Å². The van der Waals surface area contributed by atoms with Gasteiger partial charge in [0.1, 0.15) is 12.1 Å². The molecule has 3 atom stereocenters. The molecule has 9 heteroatoms. The van der Waals surface area contributed by atoms with Crippen molar-refractivity contribution in [1.82, 2.24) is 5.32 Å². The molecule has 5 nitrogen and oxygen atoms in total. The van der Waals surface area contributed by atoms with Crippen molar-refractivity contribution < 1.29 is 36.6 Å². The molecule has 1 saturated heterocycles. The van der Waals surface area contributed by atoms with Crippen LogP contribution in [-0.2, 0) is 19.1 Å². The van der Waals surface area contributed by atoms with Crippen LogP contribution in [0.1, 0.15) is 0 Å². The van der Waals surface area contributed by atoms with Crippen LogP contribution in [0.5, 0.6) is 0 Å². The Morgan fingerprint density at radius 1 is 1.35 bits per heavy atom. The fraction of sp³-hybridized carbons (Fsp3) is 0.750. The molecule has 1 aliphatic heterocycles. The van der Waals surface area contributed by atoms with Gasteiger partial charge < -0.3 is 9.47 Å². The lowest BCUT2D eigenvalue weighted by Gasteiger charge is -2.16. The van der Waals surface area contributed by atoms with Crippen molar-refractivity contribution in [3.05, 3.63) is 0 Å². The molecule has 1 N–H and O–H groups in total. The Balaban J connectivity index is 2.59. The maximum absolute atomic E-state index is 13.4. The minimum atomic E-state index is -5.19. The van der Waals surface area contributed by atoms with Gasteiger partial charge in [0.15, 0.2) is 6.17 Å². The van der Waals surface area contributed by atoms with Gasteiger partial charge in [0.25, 0.3) is 0 Å². The van der Waals surface area contributed by atoms with Crippen LogP contribution in [0.3, 0.4) is 0 Å². The van der Waals surface area contributed by atoms with Gasteiger partial charge in [-0.15, -0.1) is 0 Å². The summed E-state index contributed by atoms with van der Waals surface area (Å²) < 4.78 is 57.1. The Morgan fingerprint density at radius 3 is 2.41 bits per heavy atom. The van der Waals surface area contributed by atoms with Crippen molar-refractivity contribution in [1.29, 1.82) is 0 Å². The topological polar surface area (TPSA) is 64.6 Å². The molecule has 1 fully saturated rings. The van der Waals surface area contributed by atoms with E-state index in [2.05, 4.69) is 14.8 Å². The lowest BCUT2D eigenvalue weighted by molar-refractivity contribution is -0.206. The van der Waals surface area contributed by atoms with Crippen molar-refractivity contribution in [2.75, 3.05) is 13.7 Å². The second-order valence-corrected chi connectivity index (χ2v) is 3.30. The fourth-order valence-electron chi connectivity index (χ4n) is 1.33. The van der Waals surface area contributed by atoms with E-state index in [1.54, 1.807) is 0 Å². The van der Waals surface area contributed by atoms with Crippen LogP contribution in [0.25, 0.3) is 0 Å². The summed E-state index contributed by atoms with van der Waals surface area (Å²) in [5.74, 6) is -3.46. The summed E-state index contributed by atoms with van der Waals surface area (Å²) in [5.41, 5.74) is 0. The summed E-state index contributed by atoms with van der Waals surface area (Å²) >= 11 is 0. The van der Waals surface area contributed by atoms with E-state index >= 15 is 0 Å².